The van der Waals surface area contributed by atoms with Crippen molar-refractivity contribution in [1.82, 2.24) is 4.72 Å². The van der Waals surface area contributed by atoms with E-state index in [0.29, 0.717) is 16.1 Å². The molecule has 0 bridgehead atoms. The number of sulfonamides is 1. The van der Waals surface area contributed by atoms with Crippen LogP contribution in [0.15, 0.2) is 23.1 Å². The summed E-state index contributed by atoms with van der Waals surface area (Å²) in [6, 6.07) is 4.93. The van der Waals surface area contributed by atoms with E-state index in [0.717, 1.165) is 19.3 Å². The summed E-state index contributed by atoms with van der Waals surface area (Å²) < 4.78 is 27.6. The maximum absolute atomic E-state index is 12.4. The summed E-state index contributed by atoms with van der Waals surface area (Å²) in [5.41, 5.74) is 7.15. The predicted molar refractivity (Wildman–Crippen MR) is 77.3 cm³/mol. The van der Waals surface area contributed by atoms with Gasteiger partial charge < -0.3 is 5.73 Å². The van der Waals surface area contributed by atoms with Crippen LogP contribution in [0.25, 0.3) is 0 Å². The maximum Gasteiger partial charge on any atom is 0.241 e. The third kappa shape index (κ3) is 3.28. The lowest BCUT2D eigenvalue weighted by atomic mass is 9.92. The summed E-state index contributed by atoms with van der Waals surface area (Å²) in [5.74, 6) is 0. The second-order valence-electron chi connectivity index (χ2n) is 6.25. The van der Waals surface area contributed by atoms with Crippen LogP contribution in [-0.4, -0.2) is 14.5 Å². The fraction of sp³-hybridized carbons (Fsp3) is 0.571. The summed E-state index contributed by atoms with van der Waals surface area (Å²) >= 11 is 0. The highest BCUT2D eigenvalue weighted by molar-refractivity contribution is 7.89. The SMILES string of the molecule is Cc1cc(N)ccc1S(=O)(=O)NC1CCC(C)(C)C1. The Balaban J connectivity index is 2.19. The average Bonchev–Trinajstić information content (AvgIpc) is 2.56. The quantitative estimate of drug-likeness (QED) is 0.836. The van der Waals surface area contributed by atoms with Crippen molar-refractivity contribution in [2.45, 2.75) is 51.0 Å². The molecule has 1 saturated carbocycles. The van der Waals surface area contributed by atoms with E-state index in [2.05, 4.69) is 18.6 Å². The lowest BCUT2D eigenvalue weighted by molar-refractivity contribution is 0.372. The first-order chi connectivity index (χ1) is 8.70. The molecule has 0 radical (unpaired) electrons. The summed E-state index contributed by atoms with van der Waals surface area (Å²) in [7, 11) is -3.45. The average molecular weight is 282 g/mol. The Bertz CT molecular complexity index is 579. The highest BCUT2D eigenvalue weighted by Crippen LogP contribution is 2.37. The summed E-state index contributed by atoms with van der Waals surface area (Å²) in [6.07, 6.45) is 2.85. The van der Waals surface area contributed by atoms with Gasteiger partial charge in [0.1, 0.15) is 0 Å². The Hall–Kier alpha value is -1.07. The first kappa shape index (κ1) is 14.3. The van der Waals surface area contributed by atoms with Gasteiger partial charge in [-0.15, -0.1) is 0 Å². The van der Waals surface area contributed by atoms with Crippen LogP contribution in [0, 0.1) is 12.3 Å². The van der Waals surface area contributed by atoms with Crippen molar-refractivity contribution in [3.63, 3.8) is 0 Å². The third-order valence-corrected chi connectivity index (χ3v) is 5.46. The van der Waals surface area contributed by atoms with E-state index in [9.17, 15) is 8.42 Å². The van der Waals surface area contributed by atoms with Crippen LogP contribution in [0.5, 0.6) is 0 Å². The van der Waals surface area contributed by atoms with Gasteiger partial charge in [0, 0.05) is 11.7 Å². The minimum Gasteiger partial charge on any atom is -0.399 e. The molecule has 2 rings (SSSR count). The van der Waals surface area contributed by atoms with Gasteiger partial charge in [0.05, 0.1) is 4.90 Å². The van der Waals surface area contributed by atoms with Crippen LogP contribution < -0.4 is 10.5 Å². The molecule has 106 valence electrons. The lowest BCUT2D eigenvalue weighted by Crippen LogP contribution is -2.33. The fourth-order valence-corrected chi connectivity index (χ4v) is 4.29. The van der Waals surface area contributed by atoms with Crippen molar-refractivity contribution in [2.24, 2.45) is 5.41 Å². The molecule has 0 amide bonds. The highest BCUT2D eigenvalue weighted by Gasteiger charge is 2.33. The minimum atomic E-state index is -3.45. The number of nitrogens with one attached hydrogen (secondary N) is 1. The smallest absolute Gasteiger partial charge is 0.241 e. The molecule has 0 saturated heterocycles. The standard InChI is InChI=1S/C14H22N2O2S/c1-10-8-11(15)4-5-13(10)19(17,18)16-12-6-7-14(2,3)9-12/h4-5,8,12,16H,6-7,9,15H2,1-3H3. The summed E-state index contributed by atoms with van der Waals surface area (Å²) in [4.78, 5) is 0.325. The number of hydrogen-bond acceptors (Lipinski definition) is 3. The number of aryl methyl sites for hydroxylation is 1. The van der Waals surface area contributed by atoms with Crippen molar-refractivity contribution in [3.05, 3.63) is 23.8 Å². The van der Waals surface area contributed by atoms with Crippen LogP contribution in [0.2, 0.25) is 0 Å². The monoisotopic (exact) mass is 282 g/mol. The number of nitrogens with two attached hydrogens (primary N) is 1. The topological polar surface area (TPSA) is 72.2 Å². The molecular formula is C14H22N2O2S. The van der Waals surface area contributed by atoms with Gasteiger partial charge in [-0.1, -0.05) is 13.8 Å². The molecule has 19 heavy (non-hydrogen) atoms. The van der Waals surface area contributed by atoms with Gasteiger partial charge in [-0.3, -0.25) is 0 Å². The van der Waals surface area contributed by atoms with E-state index in [1.807, 2.05) is 0 Å². The maximum atomic E-state index is 12.4. The second-order valence-corrected chi connectivity index (χ2v) is 7.93. The molecule has 1 aliphatic rings. The number of nitrogen functional groups attached to an aromatic ring is 1. The molecule has 4 nitrogen and oxygen atoms in total. The molecule has 0 heterocycles. The van der Waals surface area contributed by atoms with Crippen LogP contribution in [-0.2, 0) is 10.0 Å². The first-order valence-electron chi connectivity index (χ1n) is 6.58. The van der Waals surface area contributed by atoms with Gasteiger partial charge in [0.25, 0.3) is 0 Å². The largest absolute Gasteiger partial charge is 0.399 e. The van der Waals surface area contributed by atoms with Gasteiger partial charge in [-0.25, -0.2) is 13.1 Å². The number of anilines is 1. The molecule has 1 aliphatic carbocycles. The Morgan fingerprint density at radius 1 is 1.37 bits per heavy atom. The Morgan fingerprint density at radius 3 is 2.58 bits per heavy atom. The van der Waals surface area contributed by atoms with Crippen molar-refractivity contribution in [3.8, 4) is 0 Å². The zero-order valence-corrected chi connectivity index (χ0v) is 12.5. The minimum absolute atomic E-state index is 0.0388. The Kier molecular flexibility index (Phi) is 3.62. The fourth-order valence-electron chi connectivity index (χ4n) is 2.79. The van der Waals surface area contributed by atoms with Crippen LogP contribution in [0.4, 0.5) is 5.69 Å². The third-order valence-electron chi connectivity index (χ3n) is 3.78. The zero-order chi connectivity index (χ0) is 14.3. The van der Waals surface area contributed by atoms with E-state index in [4.69, 9.17) is 5.73 Å². The summed E-state index contributed by atoms with van der Waals surface area (Å²) in [5, 5.41) is 0. The molecule has 0 spiro atoms. The van der Waals surface area contributed by atoms with E-state index in [1.54, 1.807) is 25.1 Å². The molecule has 0 aromatic heterocycles. The predicted octanol–water partition coefficient (Wildman–Crippen LogP) is 2.43. The van der Waals surface area contributed by atoms with Crippen molar-refractivity contribution >= 4 is 15.7 Å². The molecule has 1 aromatic rings. The van der Waals surface area contributed by atoms with Gasteiger partial charge in [0.2, 0.25) is 10.0 Å². The lowest BCUT2D eigenvalue weighted by Gasteiger charge is -2.18. The van der Waals surface area contributed by atoms with E-state index in [-0.39, 0.29) is 11.5 Å². The van der Waals surface area contributed by atoms with Crippen LogP contribution in [0.3, 0.4) is 0 Å². The number of rotatable bonds is 3. The van der Waals surface area contributed by atoms with E-state index >= 15 is 0 Å². The van der Waals surface area contributed by atoms with Gasteiger partial charge >= 0.3 is 0 Å². The van der Waals surface area contributed by atoms with Crippen LogP contribution in [0.1, 0.15) is 38.7 Å². The van der Waals surface area contributed by atoms with Gasteiger partial charge in [0.15, 0.2) is 0 Å². The summed E-state index contributed by atoms with van der Waals surface area (Å²) in [6.45, 7) is 6.12. The normalized spacial score (nSPS) is 22.6. The van der Waals surface area contributed by atoms with Crippen molar-refractivity contribution < 1.29 is 8.42 Å². The molecule has 1 atom stereocenters. The number of hydrogen-bond donors (Lipinski definition) is 2. The highest BCUT2D eigenvalue weighted by atomic mass is 32.2. The molecule has 3 N–H and O–H groups in total. The Morgan fingerprint density at radius 2 is 2.05 bits per heavy atom. The second kappa shape index (κ2) is 4.80. The molecular weight excluding hydrogens is 260 g/mol. The molecule has 1 unspecified atom stereocenters. The van der Waals surface area contributed by atoms with Crippen molar-refractivity contribution in [2.75, 3.05) is 5.73 Å². The zero-order valence-electron chi connectivity index (χ0n) is 11.7. The van der Waals surface area contributed by atoms with E-state index < -0.39 is 10.0 Å². The molecule has 1 fully saturated rings. The molecule has 1 aromatic carbocycles. The van der Waals surface area contributed by atoms with Crippen molar-refractivity contribution in [1.29, 1.82) is 0 Å². The number of benzene rings is 1. The van der Waals surface area contributed by atoms with Gasteiger partial charge in [-0.2, -0.15) is 0 Å². The van der Waals surface area contributed by atoms with Crippen LogP contribution >= 0.6 is 0 Å². The molecule has 0 aliphatic heterocycles. The molecule has 5 heteroatoms. The van der Waals surface area contributed by atoms with Gasteiger partial charge in [-0.05, 0) is 55.4 Å². The van der Waals surface area contributed by atoms with E-state index in [1.165, 1.54) is 0 Å². The Labute approximate surface area is 115 Å². The first-order valence-corrected chi connectivity index (χ1v) is 8.06.